The van der Waals surface area contributed by atoms with Crippen LogP contribution in [-0.4, -0.2) is 11.8 Å². The predicted molar refractivity (Wildman–Crippen MR) is 57.7 cm³/mol. The number of alkyl halides is 3. The Morgan fingerprint density at radius 2 is 1.82 bits per heavy atom. The quantitative estimate of drug-likeness (QED) is 0.762. The van der Waals surface area contributed by atoms with Gasteiger partial charge in [-0.3, -0.25) is 0 Å². The van der Waals surface area contributed by atoms with Crippen molar-refractivity contribution in [1.82, 2.24) is 0 Å². The van der Waals surface area contributed by atoms with Crippen LogP contribution in [0.3, 0.4) is 0 Å². The molecule has 2 nitrogen and oxygen atoms in total. The van der Waals surface area contributed by atoms with Crippen LogP contribution in [-0.2, 0) is 5.54 Å². The number of hydrogen-bond donors (Lipinski definition) is 1. The van der Waals surface area contributed by atoms with E-state index < -0.39 is 17.3 Å². The maximum atomic E-state index is 13.2. The summed E-state index contributed by atoms with van der Waals surface area (Å²) in [4.78, 5) is 0. The highest BCUT2D eigenvalue weighted by molar-refractivity contribution is 5.43. The van der Waals surface area contributed by atoms with Gasteiger partial charge in [-0.1, -0.05) is 18.2 Å². The van der Waals surface area contributed by atoms with Crippen molar-refractivity contribution in [3.63, 3.8) is 0 Å². The molecule has 94 valence electrons. The average molecular weight is 245 g/mol. The average Bonchev–Trinajstić information content (AvgIpc) is 2.14. The summed E-state index contributed by atoms with van der Waals surface area (Å²) in [6.45, 7) is 3.21. The van der Waals surface area contributed by atoms with Gasteiger partial charge in [-0.25, -0.2) is 0 Å². The van der Waals surface area contributed by atoms with Crippen LogP contribution in [0.5, 0.6) is 5.75 Å². The molecule has 0 radical (unpaired) electrons. The Kier molecular flexibility index (Phi) is 2.43. The Bertz CT molecular complexity index is 442. The molecular formula is C12H14F3NO. The lowest BCUT2D eigenvalue weighted by atomic mass is 9.78. The van der Waals surface area contributed by atoms with Crippen LogP contribution < -0.4 is 10.5 Å². The van der Waals surface area contributed by atoms with E-state index in [1.807, 2.05) is 0 Å². The highest BCUT2D eigenvalue weighted by Gasteiger charge is 2.59. The fourth-order valence-corrected chi connectivity index (χ4v) is 2.28. The van der Waals surface area contributed by atoms with Crippen LogP contribution in [0.4, 0.5) is 13.2 Å². The zero-order chi connectivity index (χ0) is 12.9. The first-order chi connectivity index (χ1) is 7.66. The van der Waals surface area contributed by atoms with E-state index in [9.17, 15) is 13.2 Å². The molecule has 1 aliphatic rings. The lowest BCUT2D eigenvalue weighted by Crippen LogP contribution is -2.58. The Labute approximate surface area is 97.6 Å². The first kappa shape index (κ1) is 12.2. The summed E-state index contributed by atoms with van der Waals surface area (Å²) < 4.78 is 45.0. The van der Waals surface area contributed by atoms with Gasteiger partial charge in [0.1, 0.15) is 16.9 Å². The molecule has 0 spiro atoms. The Morgan fingerprint density at radius 1 is 1.24 bits per heavy atom. The topological polar surface area (TPSA) is 35.2 Å². The lowest BCUT2D eigenvalue weighted by Gasteiger charge is -2.44. The molecule has 0 saturated heterocycles. The SMILES string of the molecule is CC1(C)CC(N)(C(F)(F)F)c2ccccc2O1. The number of ether oxygens (including phenoxy) is 1. The molecule has 0 aliphatic carbocycles. The van der Waals surface area contributed by atoms with Gasteiger partial charge in [0.15, 0.2) is 0 Å². The zero-order valence-electron chi connectivity index (χ0n) is 9.64. The molecule has 0 bridgehead atoms. The Hall–Kier alpha value is -1.23. The molecule has 1 atom stereocenters. The molecule has 1 unspecified atom stereocenters. The molecule has 1 aromatic carbocycles. The number of nitrogens with two attached hydrogens (primary N) is 1. The minimum absolute atomic E-state index is 0.00632. The standard InChI is InChI=1S/C12H14F3NO/c1-10(2)7-11(16,12(13,14)15)8-5-3-4-6-9(8)17-10/h3-6H,7,16H2,1-2H3. The smallest absolute Gasteiger partial charge is 0.410 e. The molecule has 2 N–H and O–H groups in total. The van der Waals surface area contributed by atoms with Crippen molar-refractivity contribution in [3.8, 4) is 5.75 Å². The second kappa shape index (κ2) is 3.38. The molecule has 0 saturated carbocycles. The molecule has 0 aromatic heterocycles. The molecular weight excluding hydrogens is 231 g/mol. The van der Waals surface area contributed by atoms with Crippen molar-refractivity contribution < 1.29 is 17.9 Å². The summed E-state index contributed by atoms with van der Waals surface area (Å²) in [5, 5.41) is 0. The minimum Gasteiger partial charge on any atom is -0.487 e. The number of halogens is 3. The molecule has 1 aliphatic heterocycles. The van der Waals surface area contributed by atoms with Gasteiger partial charge >= 0.3 is 6.18 Å². The van der Waals surface area contributed by atoms with Crippen molar-refractivity contribution in [2.45, 2.75) is 37.6 Å². The van der Waals surface area contributed by atoms with Gasteiger partial charge in [0.2, 0.25) is 0 Å². The van der Waals surface area contributed by atoms with Gasteiger partial charge in [-0.15, -0.1) is 0 Å². The molecule has 5 heteroatoms. The van der Waals surface area contributed by atoms with Gasteiger partial charge in [0.05, 0.1) is 0 Å². The molecule has 0 amide bonds. The van der Waals surface area contributed by atoms with Crippen LogP contribution in [0.1, 0.15) is 25.8 Å². The summed E-state index contributed by atoms with van der Waals surface area (Å²) in [6, 6.07) is 6.06. The van der Waals surface area contributed by atoms with Gasteiger partial charge in [-0.05, 0) is 19.9 Å². The van der Waals surface area contributed by atoms with E-state index in [1.54, 1.807) is 19.9 Å². The van der Waals surface area contributed by atoms with Crippen molar-refractivity contribution in [2.24, 2.45) is 5.73 Å². The van der Waals surface area contributed by atoms with Crippen LogP contribution in [0, 0.1) is 0 Å². The summed E-state index contributed by atoms with van der Waals surface area (Å²) in [7, 11) is 0. The predicted octanol–water partition coefficient (Wildman–Crippen LogP) is 2.96. The Morgan fingerprint density at radius 3 is 2.41 bits per heavy atom. The number of fused-ring (bicyclic) bond motifs is 1. The second-order valence-corrected chi connectivity index (χ2v) is 5.00. The summed E-state index contributed by atoms with van der Waals surface area (Å²) in [5.74, 6) is 0.212. The van der Waals surface area contributed by atoms with Crippen molar-refractivity contribution in [3.05, 3.63) is 29.8 Å². The number of para-hydroxylation sites is 1. The van der Waals surface area contributed by atoms with Crippen LogP contribution >= 0.6 is 0 Å². The highest BCUT2D eigenvalue weighted by Crippen LogP contribution is 2.49. The maximum absolute atomic E-state index is 13.2. The van der Waals surface area contributed by atoms with E-state index in [4.69, 9.17) is 10.5 Å². The van der Waals surface area contributed by atoms with Crippen LogP contribution in [0.25, 0.3) is 0 Å². The fraction of sp³-hybridized carbons (Fsp3) is 0.500. The third-order valence-electron chi connectivity index (χ3n) is 2.96. The third-order valence-corrected chi connectivity index (χ3v) is 2.96. The second-order valence-electron chi connectivity index (χ2n) is 5.00. The van der Waals surface area contributed by atoms with E-state index in [0.29, 0.717) is 0 Å². The zero-order valence-corrected chi connectivity index (χ0v) is 9.64. The van der Waals surface area contributed by atoms with E-state index in [2.05, 4.69) is 0 Å². The van der Waals surface area contributed by atoms with Gasteiger partial charge in [0.25, 0.3) is 0 Å². The number of benzene rings is 1. The molecule has 0 fully saturated rings. The normalized spacial score (nSPS) is 27.2. The van der Waals surface area contributed by atoms with Crippen molar-refractivity contribution >= 4 is 0 Å². The largest absolute Gasteiger partial charge is 0.487 e. The van der Waals surface area contributed by atoms with Gasteiger partial charge in [0, 0.05) is 12.0 Å². The van der Waals surface area contributed by atoms with E-state index in [0.717, 1.165) is 0 Å². The molecule has 17 heavy (non-hydrogen) atoms. The van der Waals surface area contributed by atoms with Crippen LogP contribution in [0.2, 0.25) is 0 Å². The van der Waals surface area contributed by atoms with E-state index >= 15 is 0 Å². The Balaban J connectivity index is 2.62. The molecule has 2 rings (SSSR count). The van der Waals surface area contributed by atoms with Crippen LogP contribution in [0.15, 0.2) is 24.3 Å². The van der Waals surface area contributed by atoms with E-state index in [-0.39, 0.29) is 17.7 Å². The summed E-state index contributed by atoms with van der Waals surface area (Å²) >= 11 is 0. The van der Waals surface area contributed by atoms with Gasteiger partial charge in [-0.2, -0.15) is 13.2 Å². The van der Waals surface area contributed by atoms with Crippen molar-refractivity contribution in [1.29, 1.82) is 0 Å². The lowest BCUT2D eigenvalue weighted by molar-refractivity contribution is -0.207. The summed E-state index contributed by atoms with van der Waals surface area (Å²) in [6.07, 6.45) is -4.79. The van der Waals surface area contributed by atoms with Crippen molar-refractivity contribution in [2.75, 3.05) is 0 Å². The molecule has 1 heterocycles. The first-order valence-corrected chi connectivity index (χ1v) is 5.30. The number of rotatable bonds is 0. The van der Waals surface area contributed by atoms with E-state index in [1.165, 1.54) is 18.2 Å². The van der Waals surface area contributed by atoms with Gasteiger partial charge < -0.3 is 10.5 Å². The molecule has 1 aromatic rings. The first-order valence-electron chi connectivity index (χ1n) is 5.30. The summed E-state index contributed by atoms with van der Waals surface area (Å²) in [5.41, 5.74) is 2.35. The minimum atomic E-state index is -4.50. The highest BCUT2D eigenvalue weighted by atomic mass is 19.4. The third kappa shape index (κ3) is 1.88. The maximum Gasteiger partial charge on any atom is 0.410 e. The number of hydrogen-bond acceptors (Lipinski definition) is 2. The fourth-order valence-electron chi connectivity index (χ4n) is 2.28. The monoisotopic (exact) mass is 245 g/mol.